The molecule has 2 unspecified atom stereocenters. The summed E-state index contributed by atoms with van der Waals surface area (Å²) in [5, 5.41) is 0. The molecule has 3 rings (SSSR count). The zero-order chi connectivity index (χ0) is 14.7. The maximum absolute atomic E-state index is 11.6. The molecule has 21 heavy (non-hydrogen) atoms. The average molecular weight is 288 g/mol. The Hall–Kier alpha value is -1.23. The van der Waals surface area contributed by atoms with Gasteiger partial charge in [-0.3, -0.25) is 4.90 Å². The monoisotopic (exact) mass is 288 g/mol. The molecule has 0 aliphatic carbocycles. The first kappa shape index (κ1) is 14.7. The van der Waals surface area contributed by atoms with Gasteiger partial charge in [0.05, 0.1) is 12.0 Å². The van der Waals surface area contributed by atoms with Gasteiger partial charge in [0.2, 0.25) is 0 Å². The molecule has 2 fully saturated rings. The number of ether oxygens (including phenoxy) is 1. The molecule has 2 heterocycles. The van der Waals surface area contributed by atoms with Crippen LogP contribution >= 0.6 is 0 Å². The molecule has 0 radical (unpaired) electrons. The summed E-state index contributed by atoms with van der Waals surface area (Å²) in [6, 6.07) is 11.0. The summed E-state index contributed by atoms with van der Waals surface area (Å²) < 4.78 is 5.49. The third-order valence-corrected chi connectivity index (χ3v) is 4.78. The molecule has 0 N–H and O–H groups in total. The van der Waals surface area contributed by atoms with E-state index in [4.69, 9.17) is 4.74 Å². The highest BCUT2D eigenvalue weighted by atomic mass is 16.5. The molecule has 0 amide bonds. The van der Waals surface area contributed by atoms with Gasteiger partial charge < -0.3 is 14.4 Å². The highest BCUT2D eigenvalue weighted by molar-refractivity contribution is 5.60. The number of rotatable bonds is 4. The predicted octanol–water partition coefficient (Wildman–Crippen LogP) is 1.58. The lowest BCUT2D eigenvalue weighted by Gasteiger charge is -2.43. The van der Waals surface area contributed by atoms with E-state index < -0.39 is 0 Å². The van der Waals surface area contributed by atoms with Crippen LogP contribution in [-0.2, 0) is 9.53 Å². The second-order valence-corrected chi connectivity index (χ2v) is 6.44. The number of carbonyl (C=O) groups is 1. The maximum atomic E-state index is 11.6. The molecule has 0 bridgehead atoms. The SMILES string of the molecule is CN1CCN(CC2(C=O)CCOC2)C(c2ccccc2)C1. The van der Waals surface area contributed by atoms with Crippen molar-refractivity contribution in [2.45, 2.75) is 12.5 Å². The van der Waals surface area contributed by atoms with Gasteiger partial charge in [-0.2, -0.15) is 0 Å². The largest absolute Gasteiger partial charge is 0.380 e. The lowest BCUT2D eigenvalue weighted by Crippen LogP contribution is -2.51. The van der Waals surface area contributed by atoms with Crippen LogP contribution in [0, 0.1) is 5.41 Å². The zero-order valence-electron chi connectivity index (χ0n) is 12.7. The van der Waals surface area contributed by atoms with Crippen LogP contribution in [0.1, 0.15) is 18.0 Å². The van der Waals surface area contributed by atoms with Gasteiger partial charge in [0.25, 0.3) is 0 Å². The number of piperazine rings is 1. The highest BCUT2D eigenvalue weighted by Crippen LogP contribution is 2.32. The Morgan fingerprint density at radius 3 is 2.81 bits per heavy atom. The third-order valence-electron chi connectivity index (χ3n) is 4.78. The molecule has 2 aliphatic rings. The summed E-state index contributed by atoms with van der Waals surface area (Å²) in [7, 11) is 2.17. The van der Waals surface area contributed by atoms with Crippen LogP contribution in [0.15, 0.2) is 30.3 Å². The Kier molecular flexibility index (Phi) is 4.38. The molecule has 4 nitrogen and oxygen atoms in total. The first-order chi connectivity index (χ1) is 10.2. The Morgan fingerprint density at radius 2 is 2.14 bits per heavy atom. The van der Waals surface area contributed by atoms with Crippen LogP contribution < -0.4 is 0 Å². The molecule has 2 aliphatic heterocycles. The fraction of sp³-hybridized carbons (Fsp3) is 0.588. The van der Waals surface area contributed by atoms with Gasteiger partial charge in [0.15, 0.2) is 0 Å². The van der Waals surface area contributed by atoms with Gasteiger partial charge >= 0.3 is 0 Å². The maximum Gasteiger partial charge on any atom is 0.129 e. The minimum atomic E-state index is -0.303. The number of carbonyl (C=O) groups excluding carboxylic acids is 1. The smallest absolute Gasteiger partial charge is 0.129 e. The molecule has 2 saturated heterocycles. The second-order valence-electron chi connectivity index (χ2n) is 6.44. The van der Waals surface area contributed by atoms with E-state index in [1.165, 1.54) is 5.56 Å². The van der Waals surface area contributed by atoms with Crippen molar-refractivity contribution in [1.82, 2.24) is 9.80 Å². The fourth-order valence-corrected chi connectivity index (χ4v) is 3.42. The molecule has 2 atom stereocenters. The van der Waals surface area contributed by atoms with Gasteiger partial charge in [-0.05, 0) is 19.0 Å². The molecule has 0 spiro atoms. The van der Waals surface area contributed by atoms with Crippen molar-refractivity contribution in [3.8, 4) is 0 Å². The van der Waals surface area contributed by atoms with Gasteiger partial charge in [0, 0.05) is 38.8 Å². The standard InChI is InChI=1S/C17H24N2O2/c1-18-8-9-19(12-17(13-20)7-10-21-14-17)16(11-18)15-5-3-2-4-6-15/h2-6,13,16H,7-12,14H2,1H3. The van der Waals surface area contributed by atoms with Crippen molar-refractivity contribution in [3.63, 3.8) is 0 Å². The summed E-state index contributed by atoms with van der Waals surface area (Å²) >= 11 is 0. The van der Waals surface area contributed by atoms with Gasteiger partial charge in [0.1, 0.15) is 6.29 Å². The van der Waals surface area contributed by atoms with Crippen molar-refractivity contribution in [3.05, 3.63) is 35.9 Å². The minimum Gasteiger partial charge on any atom is -0.380 e. The van der Waals surface area contributed by atoms with Crippen LogP contribution in [-0.4, -0.2) is 62.5 Å². The van der Waals surface area contributed by atoms with Crippen LogP contribution in [0.3, 0.4) is 0 Å². The molecule has 0 saturated carbocycles. The number of benzene rings is 1. The van der Waals surface area contributed by atoms with E-state index >= 15 is 0 Å². The Labute approximate surface area is 126 Å². The van der Waals surface area contributed by atoms with E-state index in [0.717, 1.165) is 38.9 Å². The van der Waals surface area contributed by atoms with Crippen LogP contribution in [0.2, 0.25) is 0 Å². The highest BCUT2D eigenvalue weighted by Gasteiger charge is 2.39. The molecule has 1 aromatic carbocycles. The van der Waals surface area contributed by atoms with Gasteiger partial charge in [-0.15, -0.1) is 0 Å². The van der Waals surface area contributed by atoms with Gasteiger partial charge in [-0.1, -0.05) is 30.3 Å². The van der Waals surface area contributed by atoms with Crippen molar-refractivity contribution >= 4 is 6.29 Å². The normalized spacial score (nSPS) is 31.4. The molecule has 114 valence electrons. The number of hydrogen-bond donors (Lipinski definition) is 0. The van der Waals surface area contributed by atoms with Crippen molar-refractivity contribution in [2.24, 2.45) is 5.41 Å². The lowest BCUT2D eigenvalue weighted by molar-refractivity contribution is -0.118. The Morgan fingerprint density at radius 1 is 1.33 bits per heavy atom. The average Bonchev–Trinajstić information content (AvgIpc) is 2.99. The molecule has 1 aromatic rings. The van der Waals surface area contributed by atoms with Crippen LogP contribution in [0.4, 0.5) is 0 Å². The van der Waals surface area contributed by atoms with E-state index in [0.29, 0.717) is 19.3 Å². The fourth-order valence-electron chi connectivity index (χ4n) is 3.42. The quantitative estimate of drug-likeness (QED) is 0.788. The number of aldehydes is 1. The predicted molar refractivity (Wildman–Crippen MR) is 82.2 cm³/mol. The lowest BCUT2D eigenvalue weighted by atomic mass is 9.87. The molecule has 0 aromatic heterocycles. The Balaban J connectivity index is 1.79. The van der Waals surface area contributed by atoms with E-state index in [1.54, 1.807) is 0 Å². The zero-order valence-corrected chi connectivity index (χ0v) is 12.7. The first-order valence-electron chi connectivity index (χ1n) is 7.74. The van der Waals surface area contributed by atoms with Crippen molar-refractivity contribution in [1.29, 1.82) is 0 Å². The summed E-state index contributed by atoms with van der Waals surface area (Å²) in [6.07, 6.45) is 1.98. The topological polar surface area (TPSA) is 32.8 Å². The second kappa shape index (κ2) is 6.26. The van der Waals surface area contributed by atoms with Crippen molar-refractivity contribution < 1.29 is 9.53 Å². The van der Waals surface area contributed by atoms with Crippen molar-refractivity contribution in [2.75, 3.05) is 46.4 Å². The number of nitrogens with zero attached hydrogens (tertiary/aromatic N) is 2. The van der Waals surface area contributed by atoms with E-state index in [-0.39, 0.29) is 5.41 Å². The molecular formula is C17H24N2O2. The van der Waals surface area contributed by atoms with E-state index in [1.807, 2.05) is 0 Å². The first-order valence-corrected chi connectivity index (χ1v) is 7.74. The summed E-state index contributed by atoms with van der Waals surface area (Å²) in [5.74, 6) is 0. The van der Waals surface area contributed by atoms with E-state index in [2.05, 4.69) is 47.2 Å². The molecular weight excluding hydrogens is 264 g/mol. The third kappa shape index (κ3) is 3.18. The van der Waals surface area contributed by atoms with Gasteiger partial charge in [-0.25, -0.2) is 0 Å². The van der Waals surface area contributed by atoms with E-state index in [9.17, 15) is 4.79 Å². The summed E-state index contributed by atoms with van der Waals surface area (Å²) in [6.45, 7) is 5.17. The van der Waals surface area contributed by atoms with Crippen LogP contribution in [0.25, 0.3) is 0 Å². The Bertz CT molecular complexity index is 471. The molecule has 4 heteroatoms. The summed E-state index contributed by atoms with van der Waals surface area (Å²) in [4.78, 5) is 16.4. The number of hydrogen-bond acceptors (Lipinski definition) is 4. The van der Waals surface area contributed by atoms with Crippen LogP contribution in [0.5, 0.6) is 0 Å². The summed E-state index contributed by atoms with van der Waals surface area (Å²) in [5.41, 5.74) is 1.03. The minimum absolute atomic E-state index is 0.303. The number of likely N-dealkylation sites (N-methyl/N-ethyl adjacent to an activating group) is 1.